The number of methoxy groups -OCH3 is 1. The molecule has 0 aromatic carbocycles. The van der Waals surface area contributed by atoms with Gasteiger partial charge in [0.1, 0.15) is 5.82 Å². The molecule has 1 aromatic heterocycles. The quantitative estimate of drug-likeness (QED) is 0.751. The fourth-order valence-electron chi connectivity index (χ4n) is 2.57. The second-order valence-corrected chi connectivity index (χ2v) is 6.83. The van der Waals surface area contributed by atoms with Crippen molar-refractivity contribution in [2.24, 2.45) is 0 Å². The summed E-state index contributed by atoms with van der Waals surface area (Å²) in [5, 5.41) is 2.81. The zero-order valence-electron chi connectivity index (χ0n) is 14.6. The topological polar surface area (TPSA) is 78.0 Å². The van der Waals surface area contributed by atoms with Crippen molar-refractivity contribution in [3.63, 3.8) is 0 Å². The molecule has 1 fully saturated rings. The Morgan fingerprint density at radius 3 is 2.64 bits per heavy atom. The zero-order chi connectivity index (χ0) is 18.2. The van der Waals surface area contributed by atoms with E-state index >= 15 is 0 Å². The van der Waals surface area contributed by atoms with Crippen molar-refractivity contribution in [1.29, 1.82) is 0 Å². The van der Waals surface area contributed by atoms with Gasteiger partial charge in [0.05, 0.1) is 13.7 Å². The first-order chi connectivity index (χ1) is 12.0. The van der Waals surface area contributed by atoms with Gasteiger partial charge in [0, 0.05) is 57.0 Å². The van der Waals surface area contributed by atoms with E-state index in [0.717, 1.165) is 37.2 Å². The van der Waals surface area contributed by atoms with Crippen LogP contribution in [0.25, 0.3) is 0 Å². The molecule has 0 spiro atoms. The summed E-state index contributed by atoms with van der Waals surface area (Å²) in [5.41, 5.74) is 0. The van der Waals surface area contributed by atoms with Crippen LogP contribution in [0, 0.1) is 0 Å². The number of nitrogens with zero attached hydrogens (tertiary/aromatic N) is 4. The molecule has 1 aliphatic rings. The predicted octanol–water partition coefficient (Wildman–Crippen LogP) is 1.10. The molecule has 25 heavy (non-hydrogen) atoms. The Morgan fingerprint density at radius 2 is 2.00 bits per heavy atom. The SMILES string of the molecule is COC(=O)N(C)CCN1CCN(CC(=O)Nc2cc(Br)ccn2)CC1. The molecule has 0 saturated carbocycles. The highest BCUT2D eigenvalue weighted by atomic mass is 79.9. The molecule has 0 unspecified atom stereocenters. The minimum Gasteiger partial charge on any atom is -0.453 e. The lowest BCUT2D eigenvalue weighted by Gasteiger charge is -2.34. The summed E-state index contributed by atoms with van der Waals surface area (Å²) in [6, 6.07) is 3.58. The van der Waals surface area contributed by atoms with Gasteiger partial charge in [0.2, 0.25) is 5.91 Å². The van der Waals surface area contributed by atoms with Crippen molar-refractivity contribution < 1.29 is 14.3 Å². The summed E-state index contributed by atoms with van der Waals surface area (Å²) in [5.74, 6) is 0.480. The smallest absolute Gasteiger partial charge is 0.409 e. The molecule has 1 saturated heterocycles. The van der Waals surface area contributed by atoms with Crippen LogP contribution < -0.4 is 5.32 Å². The van der Waals surface area contributed by atoms with E-state index in [1.54, 1.807) is 24.2 Å². The molecule has 2 rings (SSSR count). The highest BCUT2D eigenvalue weighted by Gasteiger charge is 2.20. The molecule has 1 aliphatic heterocycles. The van der Waals surface area contributed by atoms with Crippen LogP contribution in [0.2, 0.25) is 0 Å². The number of hydrogen-bond acceptors (Lipinski definition) is 6. The fraction of sp³-hybridized carbons (Fsp3) is 0.562. The summed E-state index contributed by atoms with van der Waals surface area (Å²) >= 11 is 3.36. The summed E-state index contributed by atoms with van der Waals surface area (Å²) in [4.78, 5) is 33.5. The van der Waals surface area contributed by atoms with Gasteiger partial charge in [-0.25, -0.2) is 9.78 Å². The number of ether oxygens (including phenoxy) is 1. The van der Waals surface area contributed by atoms with Gasteiger partial charge < -0.3 is 15.0 Å². The summed E-state index contributed by atoms with van der Waals surface area (Å²) < 4.78 is 5.55. The van der Waals surface area contributed by atoms with Crippen LogP contribution in [0.5, 0.6) is 0 Å². The van der Waals surface area contributed by atoms with Gasteiger partial charge in [-0.05, 0) is 12.1 Å². The third-order valence-electron chi connectivity index (χ3n) is 4.06. The number of hydrogen-bond donors (Lipinski definition) is 1. The maximum absolute atomic E-state index is 12.1. The number of nitrogens with one attached hydrogen (secondary N) is 1. The van der Waals surface area contributed by atoms with E-state index < -0.39 is 0 Å². The average Bonchev–Trinajstić information content (AvgIpc) is 2.60. The Hall–Kier alpha value is -1.71. The number of rotatable bonds is 6. The lowest BCUT2D eigenvalue weighted by Crippen LogP contribution is -2.50. The van der Waals surface area contributed by atoms with Crippen LogP contribution in [-0.4, -0.2) is 91.7 Å². The number of aromatic nitrogens is 1. The van der Waals surface area contributed by atoms with Crippen molar-refractivity contribution in [3.05, 3.63) is 22.8 Å². The van der Waals surface area contributed by atoms with E-state index in [2.05, 4.69) is 40.8 Å². The van der Waals surface area contributed by atoms with Gasteiger partial charge >= 0.3 is 6.09 Å². The van der Waals surface area contributed by atoms with E-state index in [1.807, 2.05) is 6.07 Å². The Kier molecular flexibility index (Phi) is 7.60. The van der Waals surface area contributed by atoms with Gasteiger partial charge in [-0.15, -0.1) is 0 Å². The maximum Gasteiger partial charge on any atom is 0.409 e. The van der Waals surface area contributed by atoms with Gasteiger partial charge in [0.15, 0.2) is 0 Å². The molecule has 1 aromatic rings. The number of anilines is 1. The van der Waals surface area contributed by atoms with Crippen molar-refractivity contribution in [2.45, 2.75) is 0 Å². The minimum absolute atomic E-state index is 0.0653. The van der Waals surface area contributed by atoms with Crippen LogP contribution in [0.15, 0.2) is 22.8 Å². The van der Waals surface area contributed by atoms with Crippen LogP contribution in [-0.2, 0) is 9.53 Å². The highest BCUT2D eigenvalue weighted by Crippen LogP contribution is 2.12. The van der Waals surface area contributed by atoms with Crippen molar-refractivity contribution in [3.8, 4) is 0 Å². The molecule has 0 radical (unpaired) electrons. The zero-order valence-corrected chi connectivity index (χ0v) is 16.2. The summed E-state index contributed by atoms with van der Waals surface area (Å²) in [6.45, 7) is 5.16. The van der Waals surface area contributed by atoms with Crippen LogP contribution in [0.4, 0.5) is 10.6 Å². The summed E-state index contributed by atoms with van der Waals surface area (Å²) in [6.07, 6.45) is 1.32. The van der Waals surface area contributed by atoms with Gasteiger partial charge in [-0.3, -0.25) is 14.6 Å². The molecule has 0 atom stereocenters. The second-order valence-electron chi connectivity index (χ2n) is 5.92. The van der Waals surface area contributed by atoms with Crippen LogP contribution >= 0.6 is 15.9 Å². The van der Waals surface area contributed by atoms with Crippen LogP contribution in [0.1, 0.15) is 0 Å². The molecule has 2 amide bonds. The first kappa shape index (κ1) is 19.6. The number of likely N-dealkylation sites (N-methyl/N-ethyl adjacent to an activating group) is 1. The van der Waals surface area contributed by atoms with Crippen LogP contribution in [0.3, 0.4) is 0 Å². The molecule has 8 nitrogen and oxygen atoms in total. The largest absolute Gasteiger partial charge is 0.453 e. The standard InChI is InChI=1S/C16H24BrN5O3/c1-20(16(24)25-2)5-6-21-7-9-22(10-8-21)12-15(23)19-14-11-13(17)3-4-18-14/h3-4,11H,5-10,12H2,1-2H3,(H,18,19,23). The van der Waals surface area contributed by atoms with E-state index in [9.17, 15) is 9.59 Å². The van der Waals surface area contributed by atoms with E-state index in [-0.39, 0.29) is 12.0 Å². The monoisotopic (exact) mass is 413 g/mol. The van der Waals surface area contributed by atoms with E-state index in [1.165, 1.54) is 7.11 Å². The first-order valence-corrected chi connectivity index (χ1v) is 8.92. The molecular formula is C16H24BrN5O3. The Morgan fingerprint density at radius 1 is 1.32 bits per heavy atom. The third kappa shape index (κ3) is 6.60. The number of amides is 2. The third-order valence-corrected chi connectivity index (χ3v) is 4.55. The Labute approximate surface area is 156 Å². The lowest BCUT2D eigenvalue weighted by atomic mass is 10.3. The van der Waals surface area contributed by atoms with Gasteiger partial charge in [-0.1, -0.05) is 15.9 Å². The molecule has 0 bridgehead atoms. The fourth-order valence-corrected chi connectivity index (χ4v) is 2.90. The highest BCUT2D eigenvalue weighted by molar-refractivity contribution is 9.10. The first-order valence-electron chi connectivity index (χ1n) is 8.13. The van der Waals surface area contributed by atoms with E-state index in [0.29, 0.717) is 18.9 Å². The molecular weight excluding hydrogens is 390 g/mol. The maximum atomic E-state index is 12.1. The van der Waals surface area contributed by atoms with Gasteiger partial charge in [0.25, 0.3) is 0 Å². The molecule has 0 aliphatic carbocycles. The molecule has 9 heteroatoms. The Bertz CT molecular complexity index is 593. The van der Waals surface area contributed by atoms with Crippen molar-refractivity contribution in [2.75, 3.05) is 65.3 Å². The number of carbonyl (C=O) groups excluding carboxylic acids is 2. The van der Waals surface area contributed by atoms with Crippen molar-refractivity contribution >= 4 is 33.7 Å². The molecule has 1 N–H and O–H groups in total. The normalized spacial score (nSPS) is 15.6. The average molecular weight is 414 g/mol. The molecule has 138 valence electrons. The number of piperazine rings is 1. The van der Waals surface area contributed by atoms with Crippen molar-refractivity contribution in [1.82, 2.24) is 19.7 Å². The lowest BCUT2D eigenvalue weighted by molar-refractivity contribution is -0.117. The number of pyridine rings is 1. The second kappa shape index (κ2) is 9.69. The minimum atomic E-state index is -0.323. The number of carbonyl (C=O) groups is 2. The molecule has 2 heterocycles. The summed E-state index contributed by atoms with van der Waals surface area (Å²) in [7, 11) is 3.11. The predicted molar refractivity (Wildman–Crippen MR) is 98.5 cm³/mol. The van der Waals surface area contributed by atoms with E-state index in [4.69, 9.17) is 0 Å². The Balaban J connectivity index is 1.68. The number of halogens is 1. The van der Waals surface area contributed by atoms with Gasteiger partial charge in [-0.2, -0.15) is 0 Å².